The molecule has 0 aliphatic heterocycles. The topological polar surface area (TPSA) is 63.6 Å². The first-order chi connectivity index (χ1) is 11.3. The molecule has 0 atom stereocenters. The summed E-state index contributed by atoms with van der Waals surface area (Å²) in [7, 11) is 1.64. The van der Waals surface area contributed by atoms with Crippen LogP contribution in [0.25, 0.3) is 22.4 Å². The maximum atomic E-state index is 12.9. The summed E-state index contributed by atoms with van der Waals surface area (Å²) in [5, 5.41) is 4.29. The number of hydrogen-bond donors (Lipinski definition) is 1. The predicted octanol–water partition coefficient (Wildman–Crippen LogP) is 3.29. The zero-order valence-electron chi connectivity index (χ0n) is 13.1. The fourth-order valence-corrected chi connectivity index (χ4v) is 2.63. The molecule has 0 bridgehead atoms. The first-order valence-corrected chi connectivity index (χ1v) is 7.44. The van der Waals surface area contributed by atoms with Gasteiger partial charge in [0.1, 0.15) is 11.3 Å². The minimum absolute atomic E-state index is 0.101. The van der Waals surface area contributed by atoms with Crippen LogP contribution >= 0.6 is 0 Å². The maximum Gasteiger partial charge on any atom is 0.416 e. The molecule has 0 fully saturated rings. The van der Waals surface area contributed by atoms with E-state index in [1.54, 1.807) is 7.05 Å². The van der Waals surface area contributed by atoms with Gasteiger partial charge in [-0.2, -0.15) is 18.3 Å². The van der Waals surface area contributed by atoms with E-state index in [1.165, 1.54) is 16.8 Å². The average molecular weight is 336 g/mol. The number of halogens is 3. The van der Waals surface area contributed by atoms with Crippen molar-refractivity contribution in [3.8, 4) is 11.4 Å². The molecule has 3 rings (SSSR count). The van der Waals surface area contributed by atoms with Crippen molar-refractivity contribution in [3.05, 3.63) is 45.9 Å². The predicted molar refractivity (Wildman–Crippen MR) is 83.6 cm³/mol. The van der Waals surface area contributed by atoms with Crippen LogP contribution in [0, 0.1) is 0 Å². The average Bonchev–Trinajstić information content (AvgIpc) is 2.83. The van der Waals surface area contributed by atoms with Gasteiger partial charge in [-0.1, -0.05) is 25.5 Å². The van der Waals surface area contributed by atoms with Crippen LogP contribution in [-0.2, 0) is 19.6 Å². The summed E-state index contributed by atoms with van der Waals surface area (Å²) in [6, 6.07) is 4.72. The number of aromatic nitrogens is 4. The van der Waals surface area contributed by atoms with Crippen LogP contribution in [0.4, 0.5) is 13.2 Å². The highest BCUT2D eigenvalue weighted by atomic mass is 19.4. The van der Waals surface area contributed by atoms with Crippen molar-refractivity contribution in [1.29, 1.82) is 0 Å². The summed E-state index contributed by atoms with van der Waals surface area (Å²) < 4.78 is 40.1. The van der Waals surface area contributed by atoms with Gasteiger partial charge in [0.25, 0.3) is 5.56 Å². The standard InChI is InChI=1S/C16H15F3N4O/c1-3-5-11-12-13(23(2)22-11)15(24)21-14(20-12)9-6-4-7-10(8-9)16(17,18)19/h4,6-8H,3,5H2,1-2H3,(H,20,21,24). The fraction of sp³-hybridized carbons (Fsp3) is 0.312. The third-order valence-electron chi connectivity index (χ3n) is 3.71. The highest BCUT2D eigenvalue weighted by Gasteiger charge is 2.30. The number of rotatable bonds is 3. The van der Waals surface area contributed by atoms with E-state index in [4.69, 9.17) is 0 Å². The van der Waals surface area contributed by atoms with E-state index in [0.29, 0.717) is 23.1 Å². The number of nitrogens with one attached hydrogen (secondary N) is 1. The van der Waals surface area contributed by atoms with Gasteiger partial charge in [-0.15, -0.1) is 0 Å². The smallest absolute Gasteiger partial charge is 0.305 e. The molecule has 2 aromatic heterocycles. The van der Waals surface area contributed by atoms with Crippen molar-refractivity contribution in [1.82, 2.24) is 19.7 Å². The van der Waals surface area contributed by atoms with Gasteiger partial charge in [0.2, 0.25) is 0 Å². The maximum absolute atomic E-state index is 12.9. The van der Waals surface area contributed by atoms with Crippen LogP contribution in [0.5, 0.6) is 0 Å². The first kappa shape index (κ1) is 16.2. The van der Waals surface area contributed by atoms with Crippen molar-refractivity contribution in [2.75, 3.05) is 0 Å². The van der Waals surface area contributed by atoms with E-state index in [9.17, 15) is 18.0 Å². The molecular formula is C16H15F3N4O. The van der Waals surface area contributed by atoms with Gasteiger partial charge >= 0.3 is 6.18 Å². The number of hydrogen-bond acceptors (Lipinski definition) is 3. The second-order valence-corrected chi connectivity index (χ2v) is 5.51. The summed E-state index contributed by atoms with van der Waals surface area (Å²) in [5.74, 6) is 0.101. The lowest BCUT2D eigenvalue weighted by atomic mass is 10.1. The molecule has 0 aliphatic rings. The Bertz CT molecular complexity index is 956. The molecule has 24 heavy (non-hydrogen) atoms. The third kappa shape index (κ3) is 2.79. The molecule has 0 saturated heterocycles. The second-order valence-electron chi connectivity index (χ2n) is 5.51. The highest BCUT2D eigenvalue weighted by molar-refractivity contribution is 5.78. The molecule has 0 aliphatic carbocycles. The lowest BCUT2D eigenvalue weighted by molar-refractivity contribution is -0.137. The Morgan fingerprint density at radius 1 is 1.29 bits per heavy atom. The minimum atomic E-state index is -4.46. The van der Waals surface area contributed by atoms with Crippen LogP contribution in [0.2, 0.25) is 0 Å². The van der Waals surface area contributed by atoms with E-state index >= 15 is 0 Å². The Balaban J connectivity index is 2.21. The van der Waals surface area contributed by atoms with E-state index in [2.05, 4.69) is 15.1 Å². The number of alkyl halides is 3. The van der Waals surface area contributed by atoms with Gasteiger partial charge < -0.3 is 4.98 Å². The lowest BCUT2D eigenvalue weighted by Gasteiger charge is -2.08. The van der Waals surface area contributed by atoms with Gasteiger partial charge in [0.15, 0.2) is 5.52 Å². The Morgan fingerprint density at radius 2 is 2.04 bits per heavy atom. The SMILES string of the molecule is CCCc1nn(C)c2c(=O)[nH]c(-c3cccc(C(F)(F)F)c3)nc12. The van der Waals surface area contributed by atoms with Gasteiger partial charge in [0, 0.05) is 12.6 Å². The number of aromatic amines is 1. The molecule has 5 nitrogen and oxygen atoms in total. The summed E-state index contributed by atoms with van der Waals surface area (Å²) >= 11 is 0. The number of nitrogens with zero attached hydrogens (tertiary/aromatic N) is 3. The van der Waals surface area contributed by atoms with Crippen LogP contribution < -0.4 is 5.56 Å². The zero-order chi connectivity index (χ0) is 17.5. The Morgan fingerprint density at radius 3 is 2.71 bits per heavy atom. The van der Waals surface area contributed by atoms with Crippen LogP contribution in [0.1, 0.15) is 24.6 Å². The summed E-state index contributed by atoms with van der Waals surface area (Å²) in [4.78, 5) is 19.2. The quantitative estimate of drug-likeness (QED) is 0.798. The third-order valence-corrected chi connectivity index (χ3v) is 3.71. The number of aryl methyl sites for hydroxylation is 2. The van der Waals surface area contributed by atoms with E-state index in [-0.39, 0.29) is 11.4 Å². The number of fused-ring (bicyclic) bond motifs is 1. The molecule has 0 amide bonds. The normalized spacial score (nSPS) is 12.0. The second kappa shape index (κ2) is 5.77. The van der Waals surface area contributed by atoms with Crippen LogP contribution in [-0.4, -0.2) is 19.7 Å². The molecule has 126 valence electrons. The molecular weight excluding hydrogens is 321 g/mol. The van der Waals surface area contributed by atoms with Gasteiger partial charge in [0.05, 0.1) is 11.3 Å². The molecule has 1 aromatic carbocycles. The van der Waals surface area contributed by atoms with Crippen molar-refractivity contribution < 1.29 is 13.2 Å². The Hall–Kier alpha value is -2.64. The molecule has 0 saturated carbocycles. The van der Waals surface area contributed by atoms with Crippen molar-refractivity contribution in [2.45, 2.75) is 25.9 Å². The minimum Gasteiger partial charge on any atom is -0.305 e. The van der Waals surface area contributed by atoms with Gasteiger partial charge in [-0.05, 0) is 18.6 Å². The van der Waals surface area contributed by atoms with E-state index in [0.717, 1.165) is 18.6 Å². The summed E-state index contributed by atoms with van der Waals surface area (Å²) in [6.45, 7) is 1.97. The molecule has 2 heterocycles. The van der Waals surface area contributed by atoms with E-state index < -0.39 is 17.3 Å². The molecule has 8 heteroatoms. The van der Waals surface area contributed by atoms with Gasteiger partial charge in [-0.25, -0.2) is 4.98 Å². The Kier molecular flexibility index (Phi) is 3.90. The van der Waals surface area contributed by atoms with Crippen LogP contribution in [0.15, 0.2) is 29.1 Å². The largest absolute Gasteiger partial charge is 0.416 e. The monoisotopic (exact) mass is 336 g/mol. The zero-order valence-corrected chi connectivity index (χ0v) is 13.1. The van der Waals surface area contributed by atoms with Crippen molar-refractivity contribution >= 4 is 11.0 Å². The molecule has 0 unspecified atom stereocenters. The highest BCUT2D eigenvalue weighted by Crippen LogP contribution is 2.31. The fourth-order valence-electron chi connectivity index (χ4n) is 2.63. The lowest BCUT2D eigenvalue weighted by Crippen LogP contribution is -2.12. The first-order valence-electron chi connectivity index (χ1n) is 7.44. The molecule has 0 radical (unpaired) electrons. The molecule has 0 spiro atoms. The van der Waals surface area contributed by atoms with Crippen molar-refractivity contribution in [2.24, 2.45) is 7.05 Å². The number of H-pyrrole nitrogens is 1. The van der Waals surface area contributed by atoms with Crippen molar-refractivity contribution in [3.63, 3.8) is 0 Å². The molecule has 1 N–H and O–H groups in total. The van der Waals surface area contributed by atoms with Crippen LogP contribution in [0.3, 0.4) is 0 Å². The Labute approximate surface area is 135 Å². The van der Waals surface area contributed by atoms with Gasteiger partial charge in [-0.3, -0.25) is 9.48 Å². The number of benzene rings is 1. The summed E-state index contributed by atoms with van der Waals surface area (Å²) in [6.07, 6.45) is -3.00. The molecule has 3 aromatic rings. The summed E-state index contributed by atoms with van der Waals surface area (Å²) in [5.41, 5.74) is 0.390. The van der Waals surface area contributed by atoms with E-state index in [1.807, 2.05) is 6.92 Å².